The van der Waals surface area contributed by atoms with Gasteiger partial charge in [0.25, 0.3) is 0 Å². The molecule has 0 aliphatic carbocycles. The lowest BCUT2D eigenvalue weighted by Gasteiger charge is -2.11. The lowest BCUT2D eigenvalue weighted by atomic mass is 10.2. The Morgan fingerprint density at radius 2 is 2.15 bits per heavy atom. The van der Waals surface area contributed by atoms with Gasteiger partial charge in [-0.1, -0.05) is 0 Å². The van der Waals surface area contributed by atoms with Crippen molar-refractivity contribution in [3.63, 3.8) is 0 Å². The molecule has 6 nitrogen and oxygen atoms in total. The molecule has 0 saturated heterocycles. The number of aliphatic hydroxyl groups excluding tert-OH is 1. The van der Waals surface area contributed by atoms with Crippen LogP contribution in [0.2, 0.25) is 0 Å². The molecule has 1 aromatic carbocycles. The van der Waals surface area contributed by atoms with Crippen molar-refractivity contribution in [1.82, 2.24) is 9.97 Å². The maximum absolute atomic E-state index is 8.96. The van der Waals surface area contributed by atoms with E-state index in [1.54, 1.807) is 6.07 Å². The first-order chi connectivity index (χ1) is 9.74. The van der Waals surface area contributed by atoms with E-state index in [0.717, 1.165) is 11.3 Å². The molecule has 2 aromatic rings. The fourth-order valence-electron chi connectivity index (χ4n) is 1.69. The molecule has 0 fully saturated rings. The molecule has 102 valence electrons. The fraction of sp³-hybridized carbons (Fsp3) is 0.214. The van der Waals surface area contributed by atoms with Gasteiger partial charge in [0, 0.05) is 18.1 Å². The van der Waals surface area contributed by atoms with Crippen LogP contribution in [0, 0.1) is 18.3 Å². The maximum atomic E-state index is 8.96. The first-order valence-electron chi connectivity index (χ1n) is 6.07. The van der Waals surface area contributed by atoms with Crippen LogP contribution in [0.25, 0.3) is 0 Å². The minimum absolute atomic E-state index is 0.0232. The molecule has 0 radical (unpaired) electrons. The lowest BCUT2D eigenvalue weighted by Crippen LogP contribution is -2.03. The zero-order chi connectivity index (χ0) is 14.4. The number of rotatable bonds is 5. The number of anilines is 2. The highest BCUT2D eigenvalue weighted by Crippen LogP contribution is 2.24. The number of benzene rings is 1. The summed E-state index contributed by atoms with van der Waals surface area (Å²) in [5.41, 5.74) is 1.95. The molecule has 0 atom stereocenters. The number of aliphatic hydroxyl groups is 1. The Morgan fingerprint density at radius 1 is 1.35 bits per heavy atom. The van der Waals surface area contributed by atoms with Crippen molar-refractivity contribution in [2.45, 2.75) is 6.92 Å². The third kappa shape index (κ3) is 3.22. The number of hydrogen-bond acceptors (Lipinski definition) is 6. The van der Waals surface area contributed by atoms with Gasteiger partial charge >= 0.3 is 0 Å². The quantitative estimate of drug-likeness (QED) is 0.860. The molecule has 20 heavy (non-hydrogen) atoms. The first-order valence-corrected chi connectivity index (χ1v) is 6.07. The number of ether oxygens (including phenoxy) is 1. The van der Waals surface area contributed by atoms with Crippen molar-refractivity contribution in [2.24, 2.45) is 0 Å². The van der Waals surface area contributed by atoms with Crippen LogP contribution < -0.4 is 10.1 Å². The summed E-state index contributed by atoms with van der Waals surface area (Å²) >= 11 is 0. The van der Waals surface area contributed by atoms with Crippen LogP contribution in [0.1, 0.15) is 11.3 Å². The molecule has 0 aliphatic rings. The van der Waals surface area contributed by atoms with E-state index in [-0.39, 0.29) is 18.9 Å². The monoisotopic (exact) mass is 270 g/mol. The van der Waals surface area contributed by atoms with Crippen LogP contribution in [0.5, 0.6) is 5.75 Å². The summed E-state index contributed by atoms with van der Waals surface area (Å²) in [5.74, 6) is 1.13. The zero-order valence-corrected chi connectivity index (χ0v) is 11.0. The van der Waals surface area contributed by atoms with Gasteiger partial charge < -0.3 is 15.2 Å². The van der Waals surface area contributed by atoms with Crippen molar-refractivity contribution in [3.05, 3.63) is 41.9 Å². The van der Waals surface area contributed by atoms with Crippen LogP contribution >= 0.6 is 0 Å². The number of nitrogens with one attached hydrogen (secondary N) is 1. The highest BCUT2D eigenvalue weighted by molar-refractivity contribution is 5.62. The van der Waals surface area contributed by atoms with E-state index >= 15 is 0 Å². The Hall–Kier alpha value is -2.65. The highest BCUT2D eigenvalue weighted by Gasteiger charge is 2.06. The van der Waals surface area contributed by atoms with Gasteiger partial charge in [0.1, 0.15) is 18.4 Å². The SMILES string of the molecule is Cc1cc(Nc2nccnc2C#N)ccc1OCCO. The third-order valence-corrected chi connectivity index (χ3v) is 2.59. The van der Waals surface area contributed by atoms with E-state index in [2.05, 4.69) is 15.3 Å². The van der Waals surface area contributed by atoms with E-state index in [4.69, 9.17) is 15.1 Å². The van der Waals surface area contributed by atoms with Crippen LogP contribution in [-0.4, -0.2) is 28.3 Å². The first kappa shape index (κ1) is 13.8. The summed E-state index contributed by atoms with van der Waals surface area (Å²) in [4.78, 5) is 8.02. The van der Waals surface area contributed by atoms with E-state index < -0.39 is 0 Å². The molecular weight excluding hydrogens is 256 g/mol. The topological polar surface area (TPSA) is 91.1 Å². The van der Waals surface area contributed by atoms with E-state index in [1.807, 2.05) is 25.1 Å². The number of nitrogens with zero attached hydrogens (tertiary/aromatic N) is 3. The average molecular weight is 270 g/mol. The second-order valence-corrected chi connectivity index (χ2v) is 4.04. The molecule has 2 rings (SSSR count). The molecule has 0 saturated carbocycles. The number of aromatic nitrogens is 2. The summed E-state index contributed by atoms with van der Waals surface area (Å²) < 4.78 is 5.38. The average Bonchev–Trinajstić information content (AvgIpc) is 2.47. The summed E-state index contributed by atoms with van der Waals surface area (Å²) in [6.07, 6.45) is 3.00. The molecule has 6 heteroatoms. The number of aryl methyl sites for hydroxylation is 1. The second-order valence-electron chi connectivity index (χ2n) is 4.04. The van der Waals surface area contributed by atoms with Crippen molar-refractivity contribution >= 4 is 11.5 Å². The lowest BCUT2D eigenvalue weighted by molar-refractivity contribution is 0.200. The molecule has 1 aromatic heterocycles. The molecule has 0 bridgehead atoms. The van der Waals surface area contributed by atoms with Crippen molar-refractivity contribution in [2.75, 3.05) is 18.5 Å². The zero-order valence-electron chi connectivity index (χ0n) is 11.0. The Morgan fingerprint density at radius 3 is 2.85 bits per heavy atom. The number of hydrogen-bond donors (Lipinski definition) is 2. The van der Waals surface area contributed by atoms with Crippen LogP contribution in [0.3, 0.4) is 0 Å². The predicted molar refractivity (Wildman–Crippen MR) is 73.8 cm³/mol. The second kappa shape index (κ2) is 6.50. The van der Waals surface area contributed by atoms with Crippen LogP contribution in [0.15, 0.2) is 30.6 Å². The summed E-state index contributed by atoms with van der Waals surface area (Å²) in [6, 6.07) is 7.48. The standard InChI is InChI=1S/C14H14N4O2/c1-10-8-11(2-3-13(10)20-7-6-19)18-14-12(9-15)16-4-5-17-14/h2-5,8,19H,6-7H2,1H3,(H,17,18). The molecule has 2 N–H and O–H groups in total. The smallest absolute Gasteiger partial charge is 0.183 e. The molecule has 0 unspecified atom stereocenters. The predicted octanol–water partition coefficient (Wildman–Crippen LogP) is 1.77. The van der Waals surface area contributed by atoms with Gasteiger partial charge in [-0.15, -0.1) is 0 Å². The molecule has 1 heterocycles. The van der Waals surface area contributed by atoms with Gasteiger partial charge in [0.2, 0.25) is 0 Å². The fourth-order valence-corrected chi connectivity index (χ4v) is 1.69. The van der Waals surface area contributed by atoms with Gasteiger partial charge in [0.15, 0.2) is 11.5 Å². The third-order valence-electron chi connectivity index (χ3n) is 2.59. The minimum Gasteiger partial charge on any atom is -0.491 e. The minimum atomic E-state index is -0.0232. The summed E-state index contributed by atoms with van der Waals surface area (Å²) in [7, 11) is 0. The number of nitriles is 1. The van der Waals surface area contributed by atoms with Gasteiger partial charge in [0.05, 0.1) is 6.61 Å². The van der Waals surface area contributed by atoms with Crippen molar-refractivity contribution < 1.29 is 9.84 Å². The van der Waals surface area contributed by atoms with Gasteiger partial charge in [-0.3, -0.25) is 0 Å². The maximum Gasteiger partial charge on any atom is 0.183 e. The highest BCUT2D eigenvalue weighted by atomic mass is 16.5. The largest absolute Gasteiger partial charge is 0.491 e. The molecule has 0 aliphatic heterocycles. The summed E-state index contributed by atoms with van der Waals surface area (Å²) in [6.45, 7) is 2.14. The molecule has 0 spiro atoms. The van der Waals surface area contributed by atoms with Gasteiger partial charge in [-0.05, 0) is 30.7 Å². The van der Waals surface area contributed by atoms with Crippen LogP contribution in [-0.2, 0) is 0 Å². The van der Waals surface area contributed by atoms with Crippen molar-refractivity contribution in [3.8, 4) is 11.8 Å². The molecule has 0 amide bonds. The van der Waals surface area contributed by atoms with E-state index in [1.165, 1.54) is 12.4 Å². The Bertz CT molecular complexity index is 637. The van der Waals surface area contributed by atoms with Crippen molar-refractivity contribution in [1.29, 1.82) is 5.26 Å². The molecular formula is C14H14N4O2. The Balaban J connectivity index is 2.18. The van der Waals surface area contributed by atoms with Crippen LogP contribution in [0.4, 0.5) is 11.5 Å². The van der Waals surface area contributed by atoms with Gasteiger partial charge in [-0.2, -0.15) is 5.26 Å². The van der Waals surface area contributed by atoms with Gasteiger partial charge in [-0.25, -0.2) is 9.97 Å². The Labute approximate surface area is 116 Å². The van der Waals surface area contributed by atoms with E-state index in [9.17, 15) is 0 Å². The Kier molecular flexibility index (Phi) is 4.47. The normalized spacial score (nSPS) is 9.85. The van der Waals surface area contributed by atoms with E-state index in [0.29, 0.717) is 11.6 Å². The summed E-state index contributed by atoms with van der Waals surface area (Å²) in [5, 5.41) is 20.7.